The Hall–Kier alpha value is -0.100. The van der Waals surface area contributed by atoms with E-state index in [4.69, 9.17) is 0 Å². The van der Waals surface area contributed by atoms with Crippen LogP contribution in [0.5, 0.6) is 0 Å². The zero-order chi connectivity index (χ0) is 11.8. The van der Waals surface area contributed by atoms with Crippen molar-refractivity contribution >= 4 is 19.7 Å². The van der Waals surface area contributed by atoms with Gasteiger partial charge in [-0.25, -0.2) is 16.8 Å². The lowest BCUT2D eigenvalue weighted by Gasteiger charge is -2.24. The Bertz CT molecular complexity index is 443. The third-order valence-electron chi connectivity index (χ3n) is 3.67. The number of hydrogen-bond acceptors (Lipinski definition) is 4. The van der Waals surface area contributed by atoms with E-state index in [1.807, 2.05) is 0 Å². The van der Waals surface area contributed by atoms with Crippen LogP contribution >= 0.6 is 0 Å². The van der Waals surface area contributed by atoms with Gasteiger partial charge in [0.05, 0.1) is 22.0 Å². The van der Waals surface area contributed by atoms with Crippen LogP contribution in [0, 0.1) is 0 Å². The van der Waals surface area contributed by atoms with Crippen molar-refractivity contribution in [3.05, 3.63) is 0 Å². The summed E-state index contributed by atoms with van der Waals surface area (Å²) in [4.78, 5) is 0. The second-order valence-electron chi connectivity index (χ2n) is 4.87. The summed E-state index contributed by atoms with van der Waals surface area (Å²) in [6.07, 6.45) is 4.78. The molecule has 0 aromatic heterocycles. The molecule has 0 amide bonds. The van der Waals surface area contributed by atoms with Gasteiger partial charge in [0.15, 0.2) is 19.7 Å². The topological polar surface area (TPSA) is 68.3 Å². The third-order valence-corrected chi connectivity index (χ3v) is 8.38. The molecule has 2 aliphatic rings. The molecule has 0 aromatic carbocycles. The smallest absolute Gasteiger partial charge is 0.157 e. The Labute approximate surface area is 97.3 Å². The van der Waals surface area contributed by atoms with Crippen LogP contribution in [-0.4, -0.2) is 38.8 Å². The molecule has 0 spiro atoms. The van der Waals surface area contributed by atoms with Crippen LogP contribution in [-0.2, 0) is 19.7 Å². The van der Waals surface area contributed by atoms with Gasteiger partial charge < -0.3 is 0 Å². The highest BCUT2D eigenvalue weighted by molar-refractivity contribution is 7.96. The molecule has 0 radical (unpaired) electrons. The summed E-state index contributed by atoms with van der Waals surface area (Å²) in [5, 5.41) is -0.903. The van der Waals surface area contributed by atoms with Crippen LogP contribution in [0.4, 0.5) is 0 Å². The van der Waals surface area contributed by atoms with Crippen molar-refractivity contribution in [1.29, 1.82) is 0 Å². The highest BCUT2D eigenvalue weighted by Gasteiger charge is 2.41. The molecule has 1 heterocycles. The molecule has 1 atom stereocenters. The Morgan fingerprint density at radius 2 is 1.50 bits per heavy atom. The molecule has 0 unspecified atom stereocenters. The summed E-state index contributed by atoms with van der Waals surface area (Å²) in [5.41, 5.74) is 0. The molecule has 4 nitrogen and oxygen atoms in total. The zero-order valence-electron chi connectivity index (χ0n) is 9.26. The van der Waals surface area contributed by atoms with E-state index < -0.39 is 24.9 Å². The minimum Gasteiger partial charge on any atom is -0.229 e. The lowest BCUT2D eigenvalue weighted by atomic mass is 10.0. The summed E-state index contributed by atoms with van der Waals surface area (Å²) in [5.74, 6) is -0.102. The van der Waals surface area contributed by atoms with Gasteiger partial charge in [0.25, 0.3) is 0 Å². The summed E-state index contributed by atoms with van der Waals surface area (Å²) >= 11 is 0. The SMILES string of the molecule is O=S1(=O)CC[C@H](S(=O)(=O)C2CCCCC2)C1. The van der Waals surface area contributed by atoms with Crippen LogP contribution in [0.3, 0.4) is 0 Å². The van der Waals surface area contributed by atoms with Crippen LogP contribution in [0.25, 0.3) is 0 Å². The lowest BCUT2D eigenvalue weighted by Crippen LogP contribution is -2.34. The maximum Gasteiger partial charge on any atom is 0.157 e. The van der Waals surface area contributed by atoms with E-state index in [2.05, 4.69) is 0 Å². The van der Waals surface area contributed by atoms with Crippen LogP contribution < -0.4 is 0 Å². The predicted molar refractivity (Wildman–Crippen MR) is 62.9 cm³/mol. The van der Waals surface area contributed by atoms with E-state index in [9.17, 15) is 16.8 Å². The van der Waals surface area contributed by atoms with Gasteiger partial charge in [0.2, 0.25) is 0 Å². The highest BCUT2D eigenvalue weighted by atomic mass is 32.2. The highest BCUT2D eigenvalue weighted by Crippen LogP contribution is 2.30. The van der Waals surface area contributed by atoms with E-state index in [0.717, 1.165) is 32.1 Å². The van der Waals surface area contributed by atoms with Gasteiger partial charge in [0.1, 0.15) is 0 Å². The Morgan fingerprint density at radius 3 is 2.00 bits per heavy atom. The van der Waals surface area contributed by atoms with Crippen molar-refractivity contribution in [2.24, 2.45) is 0 Å². The van der Waals surface area contributed by atoms with Crippen LogP contribution in [0.15, 0.2) is 0 Å². The molecule has 1 aliphatic heterocycles. The Kier molecular flexibility index (Phi) is 3.32. The average Bonchev–Trinajstić information content (AvgIpc) is 2.61. The first kappa shape index (κ1) is 12.4. The summed E-state index contributed by atoms with van der Waals surface area (Å²) in [7, 11) is -6.31. The van der Waals surface area contributed by atoms with Crippen molar-refractivity contribution in [3.8, 4) is 0 Å². The maximum atomic E-state index is 12.2. The zero-order valence-corrected chi connectivity index (χ0v) is 10.9. The molecule has 1 saturated carbocycles. The molecule has 2 rings (SSSR count). The molecular weight excluding hydrogens is 248 g/mol. The normalized spacial score (nSPS) is 31.6. The molecule has 6 heteroatoms. The van der Waals surface area contributed by atoms with E-state index in [0.29, 0.717) is 6.42 Å². The molecule has 94 valence electrons. The van der Waals surface area contributed by atoms with Crippen LogP contribution in [0.2, 0.25) is 0 Å². The van der Waals surface area contributed by atoms with Gasteiger partial charge in [-0.05, 0) is 19.3 Å². The van der Waals surface area contributed by atoms with E-state index >= 15 is 0 Å². The molecular formula is C10H18O4S2. The standard InChI is InChI=1S/C10H18O4S2/c11-15(12)7-6-10(8-15)16(13,14)9-4-2-1-3-5-9/h9-10H,1-8H2/t10-/m0/s1. The summed E-state index contributed by atoms with van der Waals surface area (Å²) in [6.45, 7) is 0. The molecule has 2 fully saturated rings. The maximum absolute atomic E-state index is 12.2. The van der Waals surface area contributed by atoms with Gasteiger partial charge in [-0.3, -0.25) is 0 Å². The second kappa shape index (κ2) is 4.29. The van der Waals surface area contributed by atoms with Crippen LogP contribution in [0.1, 0.15) is 38.5 Å². The van der Waals surface area contributed by atoms with Gasteiger partial charge in [-0.15, -0.1) is 0 Å². The van der Waals surface area contributed by atoms with Gasteiger partial charge in [0, 0.05) is 0 Å². The Morgan fingerprint density at radius 1 is 0.875 bits per heavy atom. The fourth-order valence-corrected chi connectivity index (χ4v) is 7.74. The Balaban J connectivity index is 2.13. The van der Waals surface area contributed by atoms with Crippen molar-refractivity contribution in [1.82, 2.24) is 0 Å². The van der Waals surface area contributed by atoms with Gasteiger partial charge >= 0.3 is 0 Å². The molecule has 16 heavy (non-hydrogen) atoms. The fourth-order valence-electron chi connectivity index (χ4n) is 2.69. The van der Waals surface area contributed by atoms with Gasteiger partial charge in [-0.1, -0.05) is 19.3 Å². The summed E-state index contributed by atoms with van der Waals surface area (Å²) < 4.78 is 47.0. The first-order chi connectivity index (χ1) is 7.42. The van der Waals surface area contributed by atoms with E-state index in [1.54, 1.807) is 0 Å². The molecule has 0 bridgehead atoms. The van der Waals surface area contributed by atoms with Gasteiger partial charge in [-0.2, -0.15) is 0 Å². The number of sulfone groups is 2. The minimum absolute atomic E-state index is 0.0453. The quantitative estimate of drug-likeness (QED) is 0.745. The first-order valence-corrected chi connectivity index (χ1v) is 9.28. The number of rotatable bonds is 2. The molecule has 0 aromatic rings. The molecule has 0 N–H and O–H groups in total. The average molecular weight is 266 g/mol. The summed E-state index contributed by atoms with van der Waals surface area (Å²) in [6, 6.07) is 0. The van der Waals surface area contributed by atoms with Crippen molar-refractivity contribution in [2.45, 2.75) is 49.0 Å². The minimum atomic E-state index is -3.21. The molecule has 1 saturated heterocycles. The van der Waals surface area contributed by atoms with Crippen molar-refractivity contribution in [2.75, 3.05) is 11.5 Å². The monoisotopic (exact) mass is 266 g/mol. The van der Waals surface area contributed by atoms with Crippen molar-refractivity contribution in [3.63, 3.8) is 0 Å². The van der Waals surface area contributed by atoms with E-state index in [-0.39, 0.29) is 16.8 Å². The van der Waals surface area contributed by atoms with E-state index in [1.165, 1.54) is 0 Å². The number of hydrogen-bond donors (Lipinski definition) is 0. The lowest BCUT2D eigenvalue weighted by molar-refractivity contribution is 0.479. The second-order valence-corrected chi connectivity index (χ2v) is 9.61. The largest absolute Gasteiger partial charge is 0.229 e. The first-order valence-electron chi connectivity index (χ1n) is 5.85. The third kappa shape index (κ3) is 2.42. The van der Waals surface area contributed by atoms with Crippen molar-refractivity contribution < 1.29 is 16.8 Å². The molecule has 1 aliphatic carbocycles. The fraction of sp³-hybridized carbons (Fsp3) is 1.00. The predicted octanol–water partition coefficient (Wildman–Crippen LogP) is 0.921.